The fourth-order valence-electron chi connectivity index (χ4n) is 2.44. The quantitative estimate of drug-likeness (QED) is 0.891. The summed E-state index contributed by atoms with van der Waals surface area (Å²) in [6.07, 6.45) is 0.313. The van der Waals surface area contributed by atoms with Gasteiger partial charge in [-0.15, -0.1) is 10.2 Å². The van der Waals surface area contributed by atoms with Crippen LogP contribution in [0.3, 0.4) is 0 Å². The van der Waals surface area contributed by atoms with Gasteiger partial charge in [-0.1, -0.05) is 25.2 Å². The van der Waals surface area contributed by atoms with Crippen molar-refractivity contribution in [3.63, 3.8) is 0 Å². The molecule has 22 heavy (non-hydrogen) atoms. The first-order valence-electron chi connectivity index (χ1n) is 6.51. The molecule has 1 aromatic carbocycles. The molecule has 2 aromatic rings. The van der Waals surface area contributed by atoms with Crippen LogP contribution in [0.15, 0.2) is 28.6 Å². The summed E-state index contributed by atoms with van der Waals surface area (Å²) in [7, 11) is -3.74. The van der Waals surface area contributed by atoms with Gasteiger partial charge < -0.3 is 5.32 Å². The maximum atomic E-state index is 12.4. The fraction of sp³-hybridized carbons (Fsp3) is 0.308. The largest absolute Gasteiger partial charge is 0.326 e. The maximum absolute atomic E-state index is 12.4. The number of nitrogens with one attached hydrogen (secondary N) is 2. The van der Waals surface area contributed by atoms with E-state index in [1.807, 2.05) is 13.8 Å². The van der Waals surface area contributed by atoms with Crippen molar-refractivity contribution in [1.29, 1.82) is 0 Å². The van der Waals surface area contributed by atoms with Gasteiger partial charge in [0, 0.05) is 17.5 Å². The molecule has 0 fully saturated rings. The second kappa shape index (κ2) is 5.03. The van der Waals surface area contributed by atoms with E-state index >= 15 is 0 Å². The minimum Gasteiger partial charge on any atom is -0.326 e. The van der Waals surface area contributed by atoms with Crippen molar-refractivity contribution in [1.82, 2.24) is 10.2 Å². The zero-order valence-corrected chi connectivity index (χ0v) is 13.6. The first-order chi connectivity index (χ1) is 10.3. The molecule has 0 saturated carbocycles. The molecule has 7 nitrogen and oxygen atoms in total. The van der Waals surface area contributed by atoms with Crippen LogP contribution >= 0.6 is 11.3 Å². The van der Waals surface area contributed by atoms with Crippen LogP contribution in [0.5, 0.6) is 0 Å². The Morgan fingerprint density at radius 2 is 2.14 bits per heavy atom. The van der Waals surface area contributed by atoms with Crippen LogP contribution in [0.2, 0.25) is 0 Å². The van der Waals surface area contributed by atoms with E-state index in [4.69, 9.17) is 0 Å². The minimum atomic E-state index is -3.74. The second-order valence-corrected chi connectivity index (χ2v) is 8.18. The highest BCUT2D eigenvalue weighted by Crippen LogP contribution is 2.38. The molecular formula is C13H14N4O3S2. The van der Waals surface area contributed by atoms with E-state index in [1.165, 1.54) is 11.6 Å². The van der Waals surface area contributed by atoms with E-state index in [0.717, 1.165) is 16.9 Å². The van der Waals surface area contributed by atoms with E-state index < -0.39 is 15.4 Å². The van der Waals surface area contributed by atoms with Gasteiger partial charge in [0.15, 0.2) is 0 Å². The number of amides is 1. The average Bonchev–Trinajstić information content (AvgIpc) is 2.89. The van der Waals surface area contributed by atoms with Gasteiger partial charge in [0.25, 0.3) is 10.0 Å². The van der Waals surface area contributed by atoms with Crippen molar-refractivity contribution in [2.75, 3.05) is 10.0 Å². The third-order valence-corrected chi connectivity index (χ3v) is 5.56. The summed E-state index contributed by atoms with van der Waals surface area (Å²) in [4.78, 5) is 11.8. The van der Waals surface area contributed by atoms with Crippen LogP contribution < -0.4 is 10.0 Å². The average molecular weight is 338 g/mol. The number of hydrogen-bond donors (Lipinski definition) is 2. The second-order valence-electron chi connectivity index (χ2n) is 5.67. The number of nitrogens with zero attached hydrogens (tertiary/aromatic N) is 2. The van der Waals surface area contributed by atoms with E-state index in [-0.39, 0.29) is 15.9 Å². The van der Waals surface area contributed by atoms with Crippen molar-refractivity contribution in [3.05, 3.63) is 29.3 Å². The molecule has 9 heteroatoms. The van der Waals surface area contributed by atoms with Gasteiger partial charge >= 0.3 is 0 Å². The smallest absolute Gasteiger partial charge is 0.263 e. The van der Waals surface area contributed by atoms with Crippen LogP contribution in [-0.4, -0.2) is 24.5 Å². The van der Waals surface area contributed by atoms with Gasteiger partial charge in [0.2, 0.25) is 11.0 Å². The molecule has 1 aromatic heterocycles. The number of sulfonamides is 1. The molecule has 0 spiro atoms. The lowest BCUT2D eigenvalue weighted by Crippen LogP contribution is -2.32. The van der Waals surface area contributed by atoms with Crippen molar-refractivity contribution in [2.24, 2.45) is 0 Å². The molecule has 1 aliphatic heterocycles. The molecule has 3 rings (SSSR count). The van der Waals surface area contributed by atoms with Crippen LogP contribution in [0, 0.1) is 0 Å². The molecule has 2 heterocycles. The topological polar surface area (TPSA) is 101 Å². The third-order valence-electron chi connectivity index (χ3n) is 3.49. The first kappa shape index (κ1) is 14.9. The number of fused-ring (bicyclic) bond motifs is 1. The Balaban J connectivity index is 2.02. The van der Waals surface area contributed by atoms with Gasteiger partial charge in [-0.25, -0.2) is 8.42 Å². The van der Waals surface area contributed by atoms with Gasteiger partial charge in [0.05, 0.1) is 4.90 Å². The summed E-state index contributed by atoms with van der Waals surface area (Å²) in [5, 5.41) is 10.2. The molecule has 0 saturated heterocycles. The molecular weight excluding hydrogens is 324 g/mol. The molecule has 0 unspecified atom stereocenters. The molecule has 2 N–H and O–H groups in total. The summed E-state index contributed by atoms with van der Waals surface area (Å²) in [5.74, 6) is -0.0694. The van der Waals surface area contributed by atoms with Crippen LogP contribution in [0.4, 0.5) is 10.8 Å². The van der Waals surface area contributed by atoms with Gasteiger partial charge in [0.1, 0.15) is 5.51 Å². The Morgan fingerprint density at radius 1 is 1.36 bits per heavy atom. The molecule has 1 amide bonds. The summed E-state index contributed by atoms with van der Waals surface area (Å²) >= 11 is 1.10. The van der Waals surface area contributed by atoms with Gasteiger partial charge in [-0.05, 0) is 23.8 Å². The third kappa shape index (κ3) is 2.69. The van der Waals surface area contributed by atoms with Crippen molar-refractivity contribution in [2.45, 2.75) is 30.6 Å². The van der Waals surface area contributed by atoms with Crippen molar-refractivity contribution in [3.8, 4) is 0 Å². The first-order valence-corrected chi connectivity index (χ1v) is 8.88. The molecule has 0 bridgehead atoms. The fourth-order valence-corrected chi connectivity index (χ4v) is 4.16. The number of hydrogen-bond acceptors (Lipinski definition) is 6. The Hall–Kier alpha value is -2.00. The predicted octanol–water partition coefficient (Wildman–Crippen LogP) is 1.96. The summed E-state index contributed by atoms with van der Waals surface area (Å²) < 4.78 is 27.2. The maximum Gasteiger partial charge on any atom is 0.263 e. The molecule has 0 aliphatic carbocycles. The van der Waals surface area contributed by atoms with Crippen LogP contribution in [0.25, 0.3) is 0 Å². The molecule has 116 valence electrons. The lowest BCUT2D eigenvalue weighted by atomic mass is 9.78. The van der Waals surface area contributed by atoms with E-state index in [2.05, 4.69) is 20.2 Å². The van der Waals surface area contributed by atoms with Gasteiger partial charge in [-0.3, -0.25) is 9.52 Å². The molecule has 1 aliphatic rings. The standard InChI is InChI=1S/C13H14N4O3S2/c1-13(2)6-11(18)15-10-4-3-8(5-9(10)13)22(19,20)17-12-16-14-7-21-12/h3-5,7H,6H2,1-2H3,(H,15,18)(H,16,17). The SMILES string of the molecule is CC1(C)CC(=O)Nc2ccc(S(=O)(=O)Nc3nncs3)cc21. The van der Waals surface area contributed by atoms with E-state index in [0.29, 0.717) is 12.1 Å². The highest BCUT2D eigenvalue weighted by molar-refractivity contribution is 7.93. The summed E-state index contributed by atoms with van der Waals surface area (Å²) in [6, 6.07) is 4.67. The predicted molar refractivity (Wildman–Crippen MR) is 83.4 cm³/mol. The summed E-state index contributed by atoms with van der Waals surface area (Å²) in [5.41, 5.74) is 2.47. The van der Waals surface area contributed by atoms with Crippen LogP contribution in [-0.2, 0) is 20.2 Å². The monoisotopic (exact) mass is 338 g/mol. The number of anilines is 2. The Labute approximate surface area is 131 Å². The van der Waals surface area contributed by atoms with Crippen molar-refractivity contribution >= 4 is 38.1 Å². The number of carbonyl (C=O) groups excluding carboxylic acids is 1. The van der Waals surface area contributed by atoms with Crippen molar-refractivity contribution < 1.29 is 13.2 Å². The Bertz CT molecular complexity index is 829. The number of rotatable bonds is 3. The normalized spacial score (nSPS) is 16.7. The number of benzene rings is 1. The Morgan fingerprint density at radius 3 is 2.82 bits per heavy atom. The lowest BCUT2D eigenvalue weighted by molar-refractivity contribution is -0.117. The van der Waals surface area contributed by atoms with E-state index in [1.54, 1.807) is 12.1 Å². The van der Waals surface area contributed by atoms with Gasteiger partial charge in [-0.2, -0.15) is 0 Å². The van der Waals surface area contributed by atoms with Crippen LogP contribution in [0.1, 0.15) is 25.8 Å². The molecule has 0 radical (unpaired) electrons. The summed E-state index contributed by atoms with van der Waals surface area (Å²) in [6.45, 7) is 3.83. The zero-order chi connectivity index (χ0) is 16.0. The molecule has 0 atom stereocenters. The minimum absolute atomic E-state index is 0.0694. The zero-order valence-electron chi connectivity index (χ0n) is 12.0. The Kier molecular flexibility index (Phi) is 3.41. The number of aromatic nitrogens is 2. The lowest BCUT2D eigenvalue weighted by Gasteiger charge is -2.32. The highest BCUT2D eigenvalue weighted by Gasteiger charge is 2.33. The van der Waals surface area contributed by atoms with E-state index in [9.17, 15) is 13.2 Å². The highest BCUT2D eigenvalue weighted by atomic mass is 32.2. The number of carbonyl (C=O) groups is 1.